The number of carbonyl (C=O) groups is 3. The zero-order valence-corrected chi connectivity index (χ0v) is 21.4. The van der Waals surface area contributed by atoms with E-state index in [1.165, 1.54) is 4.90 Å². The molecule has 4 atom stereocenters. The molecule has 0 spiro atoms. The number of piperazine rings is 1. The lowest BCUT2D eigenvalue weighted by atomic mass is 9.71. The minimum Gasteiger partial charge on any atom is -0.369 e. The quantitative estimate of drug-likeness (QED) is 0.609. The van der Waals surface area contributed by atoms with E-state index in [2.05, 4.69) is 16.8 Å². The third-order valence-electron chi connectivity index (χ3n) is 8.25. The van der Waals surface area contributed by atoms with Gasteiger partial charge in [0.2, 0.25) is 18.2 Å². The predicted molar refractivity (Wildman–Crippen MR) is 131 cm³/mol. The van der Waals surface area contributed by atoms with Crippen LogP contribution in [0.15, 0.2) is 18.2 Å². The summed E-state index contributed by atoms with van der Waals surface area (Å²) in [5.41, 5.74) is 6.67. The lowest BCUT2D eigenvalue weighted by Crippen LogP contribution is -2.47. The number of primary amides is 1. The van der Waals surface area contributed by atoms with Crippen LogP contribution in [0.3, 0.4) is 0 Å². The molecule has 3 aliphatic heterocycles. The van der Waals surface area contributed by atoms with Gasteiger partial charge in [-0.05, 0) is 42.6 Å². The number of benzene rings is 1. The number of hydrogen-bond acceptors (Lipinski definition) is 6. The molecule has 4 rings (SSSR count). The van der Waals surface area contributed by atoms with Crippen LogP contribution < -0.4 is 10.6 Å². The molecule has 1 aromatic rings. The lowest BCUT2D eigenvalue weighted by molar-refractivity contribution is -0.140. The summed E-state index contributed by atoms with van der Waals surface area (Å²) in [6, 6.07) is 4.29. The second-order valence-corrected chi connectivity index (χ2v) is 10.9. The van der Waals surface area contributed by atoms with Crippen LogP contribution in [0.2, 0.25) is 0 Å². The first-order valence-corrected chi connectivity index (χ1v) is 12.6. The number of alkyl halides is 2. The highest BCUT2D eigenvalue weighted by atomic mass is 19.3. The fourth-order valence-electron chi connectivity index (χ4n) is 5.67. The van der Waals surface area contributed by atoms with Crippen molar-refractivity contribution in [3.05, 3.63) is 29.3 Å². The van der Waals surface area contributed by atoms with Crippen LogP contribution in [-0.2, 0) is 14.3 Å². The van der Waals surface area contributed by atoms with Gasteiger partial charge in [-0.15, -0.1) is 0 Å². The Hall–Kier alpha value is -2.59. The zero-order valence-electron chi connectivity index (χ0n) is 21.4. The minimum atomic E-state index is -2.72. The fraction of sp³-hybridized carbons (Fsp3) is 0.654. The summed E-state index contributed by atoms with van der Waals surface area (Å²) in [4.78, 5) is 45.0. The van der Waals surface area contributed by atoms with E-state index in [0.717, 1.165) is 31.9 Å². The van der Waals surface area contributed by atoms with Gasteiger partial charge < -0.3 is 25.2 Å². The number of ether oxygens (including phenoxy) is 1. The van der Waals surface area contributed by atoms with Crippen LogP contribution in [0.4, 0.5) is 14.5 Å². The fourth-order valence-corrected chi connectivity index (χ4v) is 5.67. The Balaban J connectivity index is 1.78. The Bertz CT molecular complexity index is 1030. The van der Waals surface area contributed by atoms with Gasteiger partial charge in [0, 0.05) is 44.0 Å². The Morgan fingerprint density at radius 2 is 1.86 bits per heavy atom. The number of Topliss-reactive ketones (excluding diaryl/α,β-unsaturated/α-hetero) is 1. The molecular weight excluding hydrogens is 470 g/mol. The van der Waals surface area contributed by atoms with Gasteiger partial charge in [0.1, 0.15) is 12.6 Å². The van der Waals surface area contributed by atoms with Crippen molar-refractivity contribution in [1.82, 2.24) is 9.80 Å². The second-order valence-electron chi connectivity index (χ2n) is 10.9. The first kappa shape index (κ1) is 26.5. The molecule has 36 heavy (non-hydrogen) atoms. The number of halogens is 2. The van der Waals surface area contributed by atoms with Gasteiger partial charge >= 0.3 is 0 Å². The predicted octanol–water partition coefficient (Wildman–Crippen LogP) is 2.12. The summed E-state index contributed by atoms with van der Waals surface area (Å²) in [6.45, 7) is 8.55. The maximum absolute atomic E-state index is 14.2. The number of anilines is 1. The Kier molecular flexibility index (Phi) is 7.39. The van der Waals surface area contributed by atoms with Crippen LogP contribution in [0.5, 0.6) is 0 Å². The minimum absolute atomic E-state index is 0.225. The summed E-state index contributed by atoms with van der Waals surface area (Å²) >= 11 is 0. The Morgan fingerprint density at radius 3 is 2.44 bits per heavy atom. The number of hydrogen-bond donors (Lipinski definition) is 1. The molecule has 1 aromatic carbocycles. The van der Waals surface area contributed by atoms with Crippen molar-refractivity contribution in [2.45, 2.75) is 51.7 Å². The SMILES string of the molecule is CCC(C)(C)[C@H](C(=O)N1C[C@@H](C(F)F)[C@H]2OCC(=O)[C@H]21)c1cc(N2CCN(C)CC2)ccc1C(N)=O. The molecule has 3 heterocycles. The van der Waals surface area contributed by atoms with Crippen LogP contribution >= 0.6 is 0 Å². The molecule has 0 unspecified atom stereocenters. The molecule has 0 saturated carbocycles. The Labute approximate surface area is 210 Å². The van der Waals surface area contributed by atoms with E-state index in [1.807, 2.05) is 32.9 Å². The average Bonchev–Trinajstić information content (AvgIpc) is 3.40. The van der Waals surface area contributed by atoms with Crippen molar-refractivity contribution < 1.29 is 27.9 Å². The molecule has 2 amide bonds. The van der Waals surface area contributed by atoms with Gasteiger partial charge in [0.15, 0.2) is 5.78 Å². The number of carbonyl (C=O) groups excluding carboxylic acids is 3. The van der Waals surface area contributed by atoms with Gasteiger partial charge in [0.25, 0.3) is 0 Å². The molecule has 0 bridgehead atoms. The first-order valence-electron chi connectivity index (χ1n) is 12.6. The summed E-state index contributed by atoms with van der Waals surface area (Å²) in [6.07, 6.45) is -3.16. The van der Waals surface area contributed by atoms with Crippen LogP contribution in [0.25, 0.3) is 0 Å². The molecule has 10 heteroatoms. The van der Waals surface area contributed by atoms with Crippen molar-refractivity contribution in [2.24, 2.45) is 17.1 Å². The van der Waals surface area contributed by atoms with Crippen molar-refractivity contribution in [1.29, 1.82) is 0 Å². The Morgan fingerprint density at radius 1 is 1.19 bits per heavy atom. The number of nitrogens with zero attached hydrogens (tertiary/aromatic N) is 3. The summed E-state index contributed by atoms with van der Waals surface area (Å²) in [7, 11) is 2.06. The van der Waals surface area contributed by atoms with Gasteiger partial charge in [-0.25, -0.2) is 8.78 Å². The highest BCUT2D eigenvalue weighted by Gasteiger charge is 2.56. The van der Waals surface area contributed by atoms with E-state index >= 15 is 0 Å². The molecule has 0 aromatic heterocycles. The second kappa shape index (κ2) is 10.0. The molecule has 0 aliphatic carbocycles. The maximum Gasteiger partial charge on any atom is 0.249 e. The number of likely N-dealkylation sites (tertiary alicyclic amines) is 1. The average molecular weight is 507 g/mol. The number of rotatable bonds is 7. The van der Waals surface area contributed by atoms with Crippen LogP contribution in [0, 0.1) is 11.3 Å². The number of likely N-dealkylation sites (N-methyl/N-ethyl adjacent to an activating group) is 1. The maximum atomic E-state index is 14.2. The van der Waals surface area contributed by atoms with E-state index in [4.69, 9.17) is 10.5 Å². The highest BCUT2D eigenvalue weighted by molar-refractivity contribution is 5.99. The van der Waals surface area contributed by atoms with Crippen molar-refractivity contribution in [2.75, 3.05) is 51.3 Å². The smallest absolute Gasteiger partial charge is 0.249 e. The summed E-state index contributed by atoms with van der Waals surface area (Å²) in [5, 5.41) is 0. The van der Waals surface area contributed by atoms with Crippen molar-refractivity contribution in [3.63, 3.8) is 0 Å². The zero-order chi connectivity index (χ0) is 26.4. The van der Waals surface area contributed by atoms with Gasteiger partial charge in [-0.1, -0.05) is 20.8 Å². The molecule has 3 aliphatic rings. The standard InChI is InChI=1S/C26H36F2N4O4/c1-5-26(2,3)20(25(35)32-13-18(23(27)28)22-21(32)19(33)14-36-22)17-12-15(6-7-16(17)24(29)34)31-10-8-30(4)9-11-31/h6-7,12,18,20-23H,5,8-11,13-14H2,1-4H3,(H2,29,34)/t18-,20+,21-,22-/m1/s1. The molecule has 3 saturated heterocycles. The number of ketones is 1. The number of fused-ring (bicyclic) bond motifs is 1. The van der Waals surface area contributed by atoms with E-state index in [1.54, 1.807) is 6.07 Å². The topological polar surface area (TPSA) is 96.2 Å². The molecule has 8 nitrogen and oxygen atoms in total. The molecule has 2 N–H and O–H groups in total. The van der Waals surface area contributed by atoms with Gasteiger partial charge in [0.05, 0.1) is 17.9 Å². The van der Waals surface area contributed by atoms with Gasteiger partial charge in [-0.2, -0.15) is 0 Å². The van der Waals surface area contributed by atoms with Gasteiger partial charge in [-0.3, -0.25) is 14.4 Å². The van der Waals surface area contributed by atoms with Crippen molar-refractivity contribution in [3.8, 4) is 0 Å². The van der Waals surface area contributed by atoms with E-state index in [9.17, 15) is 23.2 Å². The van der Waals surface area contributed by atoms with Crippen LogP contribution in [0.1, 0.15) is 49.0 Å². The van der Waals surface area contributed by atoms with Crippen molar-refractivity contribution >= 4 is 23.3 Å². The molecule has 198 valence electrons. The van der Waals surface area contributed by atoms with E-state index in [-0.39, 0.29) is 24.5 Å². The molecule has 3 fully saturated rings. The monoisotopic (exact) mass is 506 g/mol. The first-order chi connectivity index (χ1) is 17.0. The highest BCUT2D eigenvalue weighted by Crippen LogP contribution is 2.45. The number of amides is 2. The lowest BCUT2D eigenvalue weighted by Gasteiger charge is -2.38. The van der Waals surface area contributed by atoms with E-state index in [0.29, 0.717) is 12.0 Å². The molecular formula is C26H36F2N4O4. The summed E-state index contributed by atoms with van der Waals surface area (Å²) in [5.74, 6) is -3.57. The van der Waals surface area contributed by atoms with E-state index < -0.39 is 47.6 Å². The normalized spacial score (nSPS) is 26.0. The van der Waals surface area contributed by atoms with Crippen LogP contribution in [-0.4, -0.2) is 92.3 Å². The largest absolute Gasteiger partial charge is 0.369 e. The molecule has 0 radical (unpaired) electrons. The third-order valence-corrected chi connectivity index (χ3v) is 8.25. The summed E-state index contributed by atoms with van der Waals surface area (Å²) < 4.78 is 33.0. The third kappa shape index (κ3) is 4.72. The number of nitrogens with two attached hydrogens (primary N) is 1.